The zero-order chi connectivity index (χ0) is 22.3. The van der Waals surface area contributed by atoms with Gasteiger partial charge in [0.15, 0.2) is 0 Å². The van der Waals surface area contributed by atoms with Crippen LogP contribution in [-0.2, 0) is 20.7 Å². The summed E-state index contributed by atoms with van der Waals surface area (Å²) >= 11 is 0. The van der Waals surface area contributed by atoms with Gasteiger partial charge in [0, 0.05) is 13.7 Å². The average Bonchev–Trinajstić information content (AvgIpc) is 3.17. The molecule has 2 amide bonds. The lowest BCUT2D eigenvalue weighted by Gasteiger charge is -2.35. The van der Waals surface area contributed by atoms with Crippen molar-refractivity contribution in [2.45, 2.75) is 70.7 Å². The Morgan fingerprint density at radius 3 is 2.50 bits per heavy atom. The molecule has 2 N–H and O–H groups in total. The fraction of sp³-hybridized carbons (Fsp3) is 0.652. The predicted molar refractivity (Wildman–Crippen MR) is 115 cm³/mol. The van der Waals surface area contributed by atoms with E-state index in [1.165, 1.54) is 0 Å². The first-order valence-electron chi connectivity index (χ1n) is 10.6. The molecule has 0 spiro atoms. The van der Waals surface area contributed by atoms with Crippen LogP contribution in [0.5, 0.6) is 0 Å². The number of benzene rings is 1. The van der Waals surface area contributed by atoms with Crippen LogP contribution in [0.1, 0.15) is 46.1 Å². The number of methoxy groups -OCH3 is 1. The van der Waals surface area contributed by atoms with E-state index in [4.69, 9.17) is 9.47 Å². The van der Waals surface area contributed by atoms with E-state index in [1.54, 1.807) is 18.9 Å². The first kappa shape index (κ1) is 24.2. The molecule has 0 radical (unpaired) electrons. The van der Waals surface area contributed by atoms with Gasteiger partial charge in [-0.05, 0) is 45.6 Å². The molecule has 30 heavy (non-hydrogen) atoms. The molecule has 0 aliphatic carbocycles. The molecule has 1 aliphatic rings. The Morgan fingerprint density at radius 1 is 1.27 bits per heavy atom. The molecule has 0 bridgehead atoms. The van der Waals surface area contributed by atoms with Crippen LogP contribution in [0.25, 0.3) is 0 Å². The minimum atomic E-state index is -0.582. The molecule has 7 heteroatoms. The molecule has 168 valence electrons. The van der Waals surface area contributed by atoms with Gasteiger partial charge in [-0.3, -0.25) is 4.79 Å². The molecule has 1 aromatic rings. The lowest BCUT2D eigenvalue weighted by Crippen LogP contribution is -2.52. The van der Waals surface area contributed by atoms with Crippen molar-refractivity contribution in [1.29, 1.82) is 0 Å². The van der Waals surface area contributed by atoms with E-state index in [2.05, 4.69) is 5.32 Å². The van der Waals surface area contributed by atoms with E-state index in [0.717, 1.165) is 18.4 Å². The molecular formula is C23H36N2O5. The van der Waals surface area contributed by atoms with Gasteiger partial charge in [-0.2, -0.15) is 0 Å². The van der Waals surface area contributed by atoms with Crippen LogP contribution in [0.2, 0.25) is 0 Å². The van der Waals surface area contributed by atoms with Gasteiger partial charge in [0.05, 0.1) is 30.7 Å². The van der Waals surface area contributed by atoms with Gasteiger partial charge in [0.2, 0.25) is 5.91 Å². The highest BCUT2D eigenvalue weighted by Gasteiger charge is 2.41. The first-order chi connectivity index (χ1) is 14.2. The van der Waals surface area contributed by atoms with Gasteiger partial charge < -0.3 is 24.8 Å². The van der Waals surface area contributed by atoms with E-state index >= 15 is 0 Å². The molecule has 1 aromatic carbocycles. The first-order valence-corrected chi connectivity index (χ1v) is 10.6. The van der Waals surface area contributed by atoms with Crippen LogP contribution in [0.3, 0.4) is 0 Å². The summed E-state index contributed by atoms with van der Waals surface area (Å²) in [6.07, 6.45) is 1.29. The number of ether oxygens (including phenoxy) is 2. The van der Waals surface area contributed by atoms with Crippen LogP contribution in [0.4, 0.5) is 4.79 Å². The van der Waals surface area contributed by atoms with Crippen molar-refractivity contribution >= 4 is 12.0 Å². The second-order valence-electron chi connectivity index (χ2n) is 8.95. The Hall–Kier alpha value is -2.12. The fourth-order valence-electron chi connectivity index (χ4n) is 3.92. The van der Waals surface area contributed by atoms with Crippen LogP contribution in [0.15, 0.2) is 30.3 Å². The van der Waals surface area contributed by atoms with Crippen molar-refractivity contribution < 1.29 is 24.2 Å². The van der Waals surface area contributed by atoms with E-state index in [9.17, 15) is 14.7 Å². The second kappa shape index (κ2) is 10.8. The third kappa shape index (κ3) is 6.71. The smallest absolute Gasteiger partial charge is 0.410 e. The standard InChI is InChI=1S/C23H36N2O5/c1-16(21(27)24-18(15-26)14-17-10-7-6-8-11-17)20(29-5)19-12-9-13-25(19)22(28)30-23(2,3)4/h6-8,10-11,16,18-20,26H,9,12-15H2,1-5H3,(H,24,27)/t16-,18+,19+,20-/m1/s1. The fourth-order valence-corrected chi connectivity index (χ4v) is 3.92. The molecule has 4 atom stereocenters. The van der Waals surface area contributed by atoms with Gasteiger partial charge in [-0.15, -0.1) is 0 Å². The Bertz CT molecular complexity index is 689. The summed E-state index contributed by atoms with van der Waals surface area (Å²) in [7, 11) is 1.56. The normalized spacial score (nSPS) is 19.8. The summed E-state index contributed by atoms with van der Waals surface area (Å²) in [6, 6.07) is 9.11. The third-order valence-corrected chi connectivity index (χ3v) is 5.38. The summed E-state index contributed by atoms with van der Waals surface area (Å²) in [5.41, 5.74) is 0.460. The van der Waals surface area contributed by atoms with Gasteiger partial charge in [0.25, 0.3) is 0 Å². The minimum Gasteiger partial charge on any atom is -0.444 e. The van der Waals surface area contributed by atoms with Crippen molar-refractivity contribution in [3.05, 3.63) is 35.9 Å². The molecule has 1 heterocycles. The quantitative estimate of drug-likeness (QED) is 0.675. The Balaban J connectivity index is 2.03. The van der Waals surface area contributed by atoms with Crippen LogP contribution in [0, 0.1) is 5.92 Å². The summed E-state index contributed by atoms with van der Waals surface area (Å²) < 4.78 is 11.2. The number of likely N-dealkylation sites (tertiary alicyclic amines) is 1. The number of carbonyl (C=O) groups is 2. The Labute approximate surface area is 179 Å². The molecule has 0 saturated carbocycles. The third-order valence-electron chi connectivity index (χ3n) is 5.38. The van der Waals surface area contributed by atoms with Crippen molar-refractivity contribution in [2.24, 2.45) is 5.92 Å². The number of hydrogen-bond donors (Lipinski definition) is 2. The molecule has 1 saturated heterocycles. The molecule has 2 rings (SSSR count). The summed E-state index contributed by atoms with van der Waals surface area (Å²) in [6.45, 7) is 7.73. The predicted octanol–water partition coefficient (Wildman–Crippen LogP) is 2.76. The SMILES string of the molecule is CO[C@H]([C@@H](C)C(=O)N[C@H](CO)Cc1ccccc1)[C@@H]1CCCN1C(=O)OC(C)(C)C. The number of aliphatic hydroxyl groups is 1. The molecule has 0 unspecified atom stereocenters. The zero-order valence-electron chi connectivity index (χ0n) is 18.8. The number of nitrogens with one attached hydrogen (secondary N) is 1. The zero-order valence-corrected chi connectivity index (χ0v) is 18.8. The number of carbonyl (C=O) groups excluding carboxylic acids is 2. The number of amides is 2. The molecule has 1 aliphatic heterocycles. The Kier molecular flexibility index (Phi) is 8.67. The summed E-state index contributed by atoms with van der Waals surface area (Å²) in [4.78, 5) is 27.2. The molecular weight excluding hydrogens is 384 g/mol. The lowest BCUT2D eigenvalue weighted by molar-refractivity contribution is -0.131. The van der Waals surface area contributed by atoms with Gasteiger partial charge >= 0.3 is 6.09 Å². The topological polar surface area (TPSA) is 88.1 Å². The van der Waals surface area contributed by atoms with Crippen molar-refractivity contribution in [2.75, 3.05) is 20.3 Å². The van der Waals surface area contributed by atoms with Crippen LogP contribution < -0.4 is 5.32 Å². The number of nitrogens with zero attached hydrogens (tertiary/aromatic N) is 1. The maximum atomic E-state index is 12.9. The largest absolute Gasteiger partial charge is 0.444 e. The summed E-state index contributed by atoms with van der Waals surface area (Å²) in [5.74, 6) is -0.694. The maximum absolute atomic E-state index is 12.9. The molecule has 1 fully saturated rings. The molecule has 0 aromatic heterocycles. The maximum Gasteiger partial charge on any atom is 0.410 e. The highest BCUT2D eigenvalue weighted by Crippen LogP contribution is 2.28. The van der Waals surface area contributed by atoms with Crippen molar-refractivity contribution in [1.82, 2.24) is 10.2 Å². The number of hydrogen-bond acceptors (Lipinski definition) is 5. The lowest BCUT2D eigenvalue weighted by atomic mass is 9.94. The monoisotopic (exact) mass is 420 g/mol. The summed E-state index contributed by atoms with van der Waals surface area (Å²) in [5, 5.41) is 12.7. The second-order valence-corrected chi connectivity index (χ2v) is 8.95. The van der Waals surface area contributed by atoms with Crippen LogP contribution in [-0.4, -0.2) is 66.1 Å². The highest BCUT2D eigenvalue weighted by molar-refractivity contribution is 5.79. The van der Waals surface area contributed by atoms with Gasteiger partial charge in [-0.1, -0.05) is 37.3 Å². The van der Waals surface area contributed by atoms with Gasteiger partial charge in [-0.25, -0.2) is 4.79 Å². The number of rotatable bonds is 8. The van der Waals surface area contributed by atoms with Crippen molar-refractivity contribution in [3.63, 3.8) is 0 Å². The van der Waals surface area contributed by atoms with Gasteiger partial charge in [0.1, 0.15) is 5.60 Å². The molecule has 7 nitrogen and oxygen atoms in total. The Morgan fingerprint density at radius 2 is 1.93 bits per heavy atom. The van der Waals surface area contributed by atoms with E-state index < -0.39 is 17.6 Å². The average molecular weight is 421 g/mol. The van der Waals surface area contributed by atoms with Crippen LogP contribution >= 0.6 is 0 Å². The van der Waals surface area contributed by atoms with E-state index in [-0.39, 0.29) is 30.7 Å². The van der Waals surface area contributed by atoms with E-state index in [0.29, 0.717) is 13.0 Å². The highest BCUT2D eigenvalue weighted by atomic mass is 16.6. The minimum absolute atomic E-state index is 0.154. The van der Waals surface area contributed by atoms with E-state index in [1.807, 2.05) is 51.1 Å². The van der Waals surface area contributed by atoms with Crippen molar-refractivity contribution in [3.8, 4) is 0 Å². The number of aliphatic hydroxyl groups excluding tert-OH is 1.